The molecule has 6 heteroatoms. The van der Waals surface area contributed by atoms with E-state index in [1.165, 1.54) is 0 Å². The summed E-state index contributed by atoms with van der Waals surface area (Å²) >= 11 is 0. The minimum Gasteiger partial charge on any atom is -0.479 e. The number of nitrogens with one attached hydrogen (secondary N) is 1. The molecule has 1 heterocycles. The summed E-state index contributed by atoms with van der Waals surface area (Å²) in [7, 11) is 0. The summed E-state index contributed by atoms with van der Waals surface area (Å²) in [6.07, 6.45) is -0.361. The van der Waals surface area contributed by atoms with Crippen LogP contribution in [0.3, 0.4) is 0 Å². The predicted molar refractivity (Wildman–Crippen MR) is 125 cm³/mol. The molecule has 1 atom stereocenters. The number of alkyl carbamates (subject to hydrolysis) is 1. The first-order valence-electron chi connectivity index (χ1n) is 11.2. The Morgan fingerprint density at radius 3 is 2.18 bits per heavy atom. The topological polar surface area (TPSA) is 78.9 Å². The molecule has 1 saturated heterocycles. The van der Waals surface area contributed by atoms with E-state index in [1.807, 2.05) is 59.5 Å². The standard InChI is InChI=1S/C27H26N2O4/c30-25(31)27(14-15-29(18-27)16-19-8-2-1-3-9-19)28-26(32)33-17-24-22-12-6-4-10-20(22)21-11-5-7-13-23(21)24/h1-13,24H,14-18H2,(H,28,32)(H,30,31). The number of ether oxygens (including phenoxy) is 1. The van der Waals surface area contributed by atoms with E-state index in [2.05, 4.69) is 29.6 Å². The molecular formula is C27H26N2O4. The van der Waals surface area contributed by atoms with Gasteiger partial charge in [0.15, 0.2) is 5.54 Å². The molecule has 1 unspecified atom stereocenters. The van der Waals surface area contributed by atoms with Gasteiger partial charge in [0.25, 0.3) is 0 Å². The smallest absolute Gasteiger partial charge is 0.408 e. The molecule has 0 bridgehead atoms. The van der Waals surface area contributed by atoms with Crippen molar-refractivity contribution in [3.8, 4) is 11.1 Å². The number of likely N-dealkylation sites (tertiary alicyclic amines) is 1. The van der Waals surface area contributed by atoms with Crippen LogP contribution < -0.4 is 5.32 Å². The number of carboxylic acid groups (broad SMARTS) is 1. The van der Waals surface area contributed by atoms with Crippen LogP contribution >= 0.6 is 0 Å². The number of hydrogen-bond acceptors (Lipinski definition) is 4. The highest BCUT2D eigenvalue weighted by atomic mass is 16.5. The number of benzene rings is 3. The van der Waals surface area contributed by atoms with Gasteiger partial charge in [-0.25, -0.2) is 9.59 Å². The van der Waals surface area contributed by atoms with Crippen molar-refractivity contribution in [2.75, 3.05) is 19.7 Å². The van der Waals surface area contributed by atoms with Crippen LogP contribution in [0.4, 0.5) is 4.79 Å². The average Bonchev–Trinajstić information content (AvgIpc) is 3.38. The molecule has 0 spiro atoms. The fraction of sp³-hybridized carbons (Fsp3) is 0.259. The Morgan fingerprint density at radius 2 is 1.55 bits per heavy atom. The van der Waals surface area contributed by atoms with Gasteiger partial charge in [-0.1, -0.05) is 78.9 Å². The summed E-state index contributed by atoms with van der Waals surface area (Å²) in [6, 6.07) is 26.1. The van der Waals surface area contributed by atoms with Crippen molar-refractivity contribution in [2.24, 2.45) is 0 Å². The van der Waals surface area contributed by atoms with Gasteiger partial charge in [-0.05, 0) is 34.2 Å². The van der Waals surface area contributed by atoms with E-state index in [1.54, 1.807) is 0 Å². The summed E-state index contributed by atoms with van der Waals surface area (Å²) in [6.45, 7) is 1.62. The third-order valence-electron chi connectivity index (χ3n) is 6.69. The van der Waals surface area contributed by atoms with Crippen molar-refractivity contribution in [1.29, 1.82) is 0 Å². The maximum Gasteiger partial charge on any atom is 0.408 e. The van der Waals surface area contributed by atoms with Crippen LogP contribution in [0.2, 0.25) is 0 Å². The molecule has 1 fully saturated rings. The molecule has 5 rings (SSSR count). The molecule has 2 N–H and O–H groups in total. The van der Waals surface area contributed by atoms with Crippen molar-refractivity contribution in [3.05, 3.63) is 95.6 Å². The minimum atomic E-state index is -1.35. The summed E-state index contributed by atoms with van der Waals surface area (Å²) < 4.78 is 5.60. The Labute approximate surface area is 192 Å². The Kier molecular flexibility index (Phi) is 5.60. The second-order valence-corrected chi connectivity index (χ2v) is 8.78. The zero-order valence-corrected chi connectivity index (χ0v) is 18.2. The van der Waals surface area contributed by atoms with Crippen molar-refractivity contribution in [1.82, 2.24) is 10.2 Å². The van der Waals surface area contributed by atoms with Crippen molar-refractivity contribution in [2.45, 2.75) is 24.4 Å². The molecule has 1 aliphatic carbocycles. The first-order chi connectivity index (χ1) is 16.1. The molecule has 3 aromatic carbocycles. The van der Waals surface area contributed by atoms with Crippen LogP contribution in [-0.2, 0) is 16.1 Å². The lowest BCUT2D eigenvalue weighted by atomic mass is 9.98. The second kappa shape index (κ2) is 8.71. The minimum absolute atomic E-state index is 0.0675. The van der Waals surface area contributed by atoms with Crippen LogP contribution in [0.15, 0.2) is 78.9 Å². The number of carbonyl (C=O) groups is 2. The Hall–Kier alpha value is -3.64. The predicted octanol–water partition coefficient (Wildman–Crippen LogP) is 4.25. The first kappa shape index (κ1) is 21.2. The van der Waals surface area contributed by atoms with Gasteiger partial charge < -0.3 is 15.2 Å². The van der Waals surface area contributed by atoms with Gasteiger partial charge in [-0.2, -0.15) is 0 Å². The Bertz CT molecular complexity index is 1130. The highest BCUT2D eigenvalue weighted by Gasteiger charge is 2.46. The van der Waals surface area contributed by atoms with Gasteiger partial charge in [0.2, 0.25) is 0 Å². The lowest BCUT2D eigenvalue weighted by Gasteiger charge is -2.26. The number of carboxylic acids is 1. The molecule has 2 aliphatic rings. The Balaban J connectivity index is 1.25. The third kappa shape index (κ3) is 4.10. The molecular weight excluding hydrogens is 416 g/mol. The fourth-order valence-corrected chi connectivity index (χ4v) is 5.03. The van der Waals surface area contributed by atoms with Gasteiger partial charge in [-0.3, -0.25) is 4.90 Å². The number of fused-ring (bicyclic) bond motifs is 3. The number of hydrogen-bond donors (Lipinski definition) is 2. The lowest BCUT2D eigenvalue weighted by molar-refractivity contribution is -0.144. The maximum atomic E-state index is 12.7. The zero-order chi connectivity index (χ0) is 22.8. The summed E-state index contributed by atoms with van der Waals surface area (Å²) in [5.74, 6) is -1.10. The zero-order valence-electron chi connectivity index (χ0n) is 18.2. The van der Waals surface area contributed by atoms with E-state index in [9.17, 15) is 14.7 Å². The van der Waals surface area contributed by atoms with Crippen molar-refractivity contribution in [3.63, 3.8) is 0 Å². The third-order valence-corrected chi connectivity index (χ3v) is 6.69. The number of aliphatic carboxylic acids is 1. The first-order valence-corrected chi connectivity index (χ1v) is 11.2. The highest BCUT2D eigenvalue weighted by molar-refractivity contribution is 5.85. The summed E-state index contributed by atoms with van der Waals surface area (Å²) in [4.78, 5) is 26.9. The molecule has 33 heavy (non-hydrogen) atoms. The summed E-state index contributed by atoms with van der Waals surface area (Å²) in [5.41, 5.74) is 4.30. The van der Waals surface area contributed by atoms with E-state index in [4.69, 9.17) is 4.74 Å². The van der Waals surface area contributed by atoms with Crippen LogP contribution in [0.5, 0.6) is 0 Å². The molecule has 0 radical (unpaired) electrons. The van der Waals surface area contributed by atoms with Gasteiger partial charge in [0.05, 0.1) is 0 Å². The van der Waals surface area contributed by atoms with E-state index < -0.39 is 17.6 Å². The number of rotatable bonds is 6. The van der Waals surface area contributed by atoms with Gasteiger partial charge in [-0.15, -0.1) is 0 Å². The fourth-order valence-electron chi connectivity index (χ4n) is 5.03. The van der Waals surface area contributed by atoms with E-state index in [-0.39, 0.29) is 19.1 Å². The molecule has 0 aromatic heterocycles. The second-order valence-electron chi connectivity index (χ2n) is 8.78. The van der Waals surface area contributed by atoms with Crippen LogP contribution in [0.1, 0.15) is 29.0 Å². The average molecular weight is 443 g/mol. The van der Waals surface area contributed by atoms with Crippen LogP contribution in [0.25, 0.3) is 11.1 Å². The van der Waals surface area contributed by atoms with E-state index in [0.29, 0.717) is 19.5 Å². The summed E-state index contributed by atoms with van der Waals surface area (Å²) in [5, 5.41) is 12.6. The number of amides is 1. The van der Waals surface area contributed by atoms with E-state index >= 15 is 0 Å². The van der Waals surface area contributed by atoms with Crippen molar-refractivity contribution >= 4 is 12.1 Å². The Morgan fingerprint density at radius 1 is 0.939 bits per heavy atom. The van der Waals surface area contributed by atoms with E-state index in [0.717, 1.165) is 27.8 Å². The lowest BCUT2D eigenvalue weighted by Crippen LogP contribution is -2.56. The van der Waals surface area contributed by atoms with Crippen LogP contribution in [-0.4, -0.2) is 47.3 Å². The molecule has 6 nitrogen and oxygen atoms in total. The van der Waals surface area contributed by atoms with Crippen LogP contribution in [0, 0.1) is 0 Å². The molecule has 1 aliphatic heterocycles. The molecule has 1 amide bonds. The number of nitrogens with zero attached hydrogens (tertiary/aromatic N) is 1. The highest BCUT2D eigenvalue weighted by Crippen LogP contribution is 2.44. The molecule has 168 valence electrons. The number of carbonyl (C=O) groups excluding carboxylic acids is 1. The largest absolute Gasteiger partial charge is 0.479 e. The maximum absolute atomic E-state index is 12.7. The SMILES string of the molecule is O=C(NC1(C(=O)O)CCN(Cc2ccccc2)C1)OCC1c2ccccc2-c2ccccc21. The molecule has 0 saturated carbocycles. The monoisotopic (exact) mass is 442 g/mol. The van der Waals surface area contributed by atoms with Gasteiger partial charge in [0.1, 0.15) is 6.61 Å². The van der Waals surface area contributed by atoms with Crippen molar-refractivity contribution < 1.29 is 19.4 Å². The van der Waals surface area contributed by atoms with Gasteiger partial charge in [0, 0.05) is 25.6 Å². The normalized spacial score (nSPS) is 19.6. The molecule has 3 aromatic rings. The van der Waals surface area contributed by atoms with Gasteiger partial charge >= 0.3 is 12.1 Å². The quantitative estimate of drug-likeness (QED) is 0.597.